The summed E-state index contributed by atoms with van der Waals surface area (Å²) < 4.78 is 11.1. The zero-order valence-electron chi connectivity index (χ0n) is 20.1. The third kappa shape index (κ3) is 6.12. The summed E-state index contributed by atoms with van der Waals surface area (Å²) in [5, 5.41) is 14.4. The summed E-state index contributed by atoms with van der Waals surface area (Å²) in [5.41, 5.74) is 4.96. The summed E-state index contributed by atoms with van der Waals surface area (Å²) >= 11 is 0. The quantitative estimate of drug-likeness (QED) is 0.373. The Hall–Kier alpha value is -2.53. The lowest BCUT2D eigenvalue weighted by Crippen LogP contribution is -2.46. The minimum atomic E-state index is -0.431. The lowest BCUT2D eigenvalue weighted by molar-refractivity contribution is 0.117. The van der Waals surface area contributed by atoms with Crippen molar-refractivity contribution in [1.29, 1.82) is 0 Å². The molecule has 0 aromatic heterocycles. The molecular formula is C29H36ClNO3. The average molecular weight is 482 g/mol. The van der Waals surface area contributed by atoms with Crippen molar-refractivity contribution in [3.63, 3.8) is 0 Å². The monoisotopic (exact) mass is 481 g/mol. The van der Waals surface area contributed by atoms with E-state index in [0.717, 1.165) is 54.9 Å². The van der Waals surface area contributed by atoms with Crippen LogP contribution in [0.5, 0.6) is 11.5 Å². The van der Waals surface area contributed by atoms with Crippen molar-refractivity contribution in [2.75, 3.05) is 20.8 Å². The molecule has 2 N–H and O–H groups in total. The summed E-state index contributed by atoms with van der Waals surface area (Å²) in [6.07, 6.45) is 4.20. The molecule has 5 heteroatoms. The van der Waals surface area contributed by atoms with E-state index in [-0.39, 0.29) is 18.4 Å². The second-order valence-corrected chi connectivity index (χ2v) is 8.83. The highest BCUT2D eigenvalue weighted by molar-refractivity contribution is 5.85. The van der Waals surface area contributed by atoms with Crippen LogP contribution in [0.25, 0.3) is 0 Å². The van der Waals surface area contributed by atoms with Crippen LogP contribution in [0.4, 0.5) is 0 Å². The van der Waals surface area contributed by atoms with Gasteiger partial charge in [-0.05, 0) is 49.1 Å². The Bertz CT molecular complexity index is 973. The highest BCUT2D eigenvalue weighted by Crippen LogP contribution is 2.36. The van der Waals surface area contributed by atoms with Crippen molar-refractivity contribution in [3.05, 3.63) is 95.1 Å². The van der Waals surface area contributed by atoms with Crippen LogP contribution in [0.15, 0.2) is 72.8 Å². The van der Waals surface area contributed by atoms with Crippen LogP contribution in [0.2, 0.25) is 0 Å². The number of halogens is 1. The van der Waals surface area contributed by atoms with Crippen LogP contribution < -0.4 is 14.8 Å². The number of aliphatic hydroxyl groups excluding tert-OH is 1. The number of hydrogen-bond donors (Lipinski definition) is 2. The maximum absolute atomic E-state index is 10.8. The first-order valence-electron chi connectivity index (χ1n) is 11.9. The zero-order chi connectivity index (χ0) is 23.0. The minimum Gasteiger partial charge on any atom is -0.496 e. The van der Waals surface area contributed by atoms with Crippen LogP contribution in [0, 0.1) is 0 Å². The summed E-state index contributed by atoms with van der Waals surface area (Å²) in [4.78, 5) is 0. The normalized spacial score (nSPS) is 17.1. The van der Waals surface area contributed by atoms with Gasteiger partial charge in [-0.25, -0.2) is 0 Å². The van der Waals surface area contributed by atoms with Gasteiger partial charge < -0.3 is 19.9 Å². The molecular weight excluding hydrogens is 446 g/mol. The van der Waals surface area contributed by atoms with E-state index in [9.17, 15) is 5.11 Å². The molecule has 0 saturated heterocycles. The Kier molecular flexibility index (Phi) is 9.82. The standard InChI is InChI=1S/C29H35NO3.ClH/c1-32-28-16-17-29(33-2)25-20-27(31)26(19-24(25)28)30-18-10-9-15-23(21-11-5-3-6-12-21)22-13-7-4-8-14-22;/h3-8,11-14,16-17,23,26-27,30-31H,9-10,15,18-20H2,1-2H3;1H/t26-,27-;/m0./s1. The molecule has 0 amide bonds. The third-order valence-corrected chi connectivity index (χ3v) is 6.82. The Morgan fingerprint density at radius 1 is 0.794 bits per heavy atom. The molecule has 2 atom stereocenters. The fourth-order valence-electron chi connectivity index (χ4n) is 5.05. The predicted octanol–water partition coefficient (Wildman–Crippen LogP) is 5.55. The molecule has 0 heterocycles. The first-order valence-corrected chi connectivity index (χ1v) is 11.9. The maximum Gasteiger partial charge on any atom is 0.122 e. The van der Waals surface area contributed by atoms with Crippen molar-refractivity contribution < 1.29 is 14.6 Å². The number of benzene rings is 3. The molecule has 4 nitrogen and oxygen atoms in total. The Balaban J connectivity index is 0.00000324. The number of hydrogen-bond acceptors (Lipinski definition) is 4. The Morgan fingerprint density at radius 2 is 1.32 bits per heavy atom. The summed E-state index contributed by atoms with van der Waals surface area (Å²) in [6, 6.07) is 25.5. The van der Waals surface area contributed by atoms with Crippen LogP contribution >= 0.6 is 12.4 Å². The predicted molar refractivity (Wildman–Crippen MR) is 141 cm³/mol. The molecule has 1 aliphatic rings. The molecule has 0 bridgehead atoms. The number of nitrogens with one attached hydrogen (secondary N) is 1. The van der Waals surface area contributed by atoms with Crippen molar-refractivity contribution in [1.82, 2.24) is 5.32 Å². The second kappa shape index (κ2) is 12.8. The first-order chi connectivity index (χ1) is 16.2. The van der Waals surface area contributed by atoms with E-state index in [4.69, 9.17) is 9.47 Å². The Labute approximate surface area is 209 Å². The van der Waals surface area contributed by atoms with E-state index in [1.165, 1.54) is 11.1 Å². The van der Waals surface area contributed by atoms with Crippen molar-refractivity contribution in [2.45, 2.75) is 50.2 Å². The van der Waals surface area contributed by atoms with Crippen molar-refractivity contribution in [3.8, 4) is 11.5 Å². The second-order valence-electron chi connectivity index (χ2n) is 8.83. The smallest absolute Gasteiger partial charge is 0.122 e. The highest BCUT2D eigenvalue weighted by atomic mass is 35.5. The fraction of sp³-hybridized carbons (Fsp3) is 0.379. The van der Waals surface area contributed by atoms with Gasteiger partial charge in [0.15, 0.2) is 0 Å². The van der Waals surface area contributed by atoms with Crippen LogP contribution in [0.1, 0.15) is 47.4 Å². The van der Waals surface area contributed by atoms with Crippen molar-refractivity contribution in [2.24, 2.45) is 0 Å². The largest absolute Gasteiger partial charge is 0.496 e. The number of ether oxygens (including phenoxy) is 2. The molecule has 0 fully saturated rings. The molecule has 34 heavy (non-hydrogen) atoms. The molecule has 0 aliphatic heterocycles. The molecule has 0 radical (unpaired) electrons. The maximum atomic E-state index is 10.8. The van der Waals surface area contributed by atoms with Gasteiger partial charge in [-0.3, -0.25) is 0 Å². The van der Waals surface area contributed by atoms with Gasteiger partial charge in [0.25, 0.3) is 0 Å². The van der Waals surface area contributed by atoms with E-state index in [2.05, 4.69) is 66.0 Å². The van der Waals surface area contributed by atoms with E-state index in [1.54, 1.807) is 14.2 Å². The molecule has 182 valence electrons. The third-order valence-electron chi connectivity index (χ3n) is 6.82. The first kappa shape index (κ1) is 26.1. The van der Waals surface area contributed by atoms with Gasteiger partial charge in [0.05, 0.1) is 20.3 Å². The molecule has 1 aliphatic carbocycles. The van der Waals surface area contributed by atoms with Gasteiger partial charge in [-0.15, -0.1) is 12.4 Å². The van der Waals surface area contributed by atoms with Crippen LogP contribution in [0.3, 0.4) is 0 Å². The SMILES string of the molecule is COc1ccc(OC)c2c1C[C@H](NCCCCC(c1ccccc1)c1ccccc1)[C@@H](O)C2.Cl. The Morgan fingerprint density at radius 3 is 1.85 bits per heavy atom. The lowest BCUT2D eigenvalue weighted by Gasteiger charge is -2.32. The average Bonchev–Trinajstić information content (AvgIpc) is 2.86. The zero-order valence-corrected chi connectivity index (χ0v) is 20.9. The van der Waals surface area contributed by atoms with Gasteiger partial charge >= 0.3 is 0 Å². The van der Waals surface area contributed by atoms with Gasteiger partial charge in [0, 0.05) is 29.5 Å². The van der Waals surface area contributed by atoms with Gasteiger partial charge in [-0.1, -0.05) is 67.1 Å². The van der Waals surface area contributed by atoms with E-state index >= 15 is 0 Å². The van der Waals surface area contributed by atoms with Crippen molar-refractivity contribution >= 4 is 12.4 Å². The molecule has 0 saturated carbocycles. The van der Waals surface area contributed by atoms with Crippen LogP contribution in [-0.4, -0.2) is 38.0 Å². The minimum absolute atomic E-state index is 0. The van der Waals surface area contributed by atoms with E-state index in [1.807, 2.05) is 12.1 Å². The fourth-order valence-corrected chi connectivity index (χ4v) is 5.05. The van der Waals surface area contributed by atoms with Crippen LogP contribution in [-0.2, 0) is 12.8 Å². The molecule has 4 rings (SSSR count). The summed E-state index contributed by atoms with van der Waals surface area (Å²) in [7, 11) is 3.38. The number of rotatable bonds is 10. The topological polar surface area (TPSA) is 50.7 Å². The van der Waals surface area contributed by atoms with Gasteiger partial charge in [0.2, 0.25) is 0 Å². The molecule has 0 unspecified atom stereocenters. The molecule has 3 aromatic carbocycles. The lowest BCUT2D eigenvalue weighted by atomic mass is 9.84. The number of methoxy groups -OCH3 is 2. The summed E-state index contributed by atoms with van der Waals surface area (Å²) in [6.45, 7) is 0.889. The summed E-state index contributed by atoms with van der Waals surface area (Å²) in [5.74, 6) is 2.12. The highest BCUT2D eigenvalue weighted by Gasteiger charge is 2.30. The molecule has 0 spiro atoms. The van der Waals surface area contributed by atoms with Gasteiger partial charge in [0.1, 0.15) is 11.5 Å². The molecule has 3 aromatic rings. The number of unbranched alkanes of at least 4 members (excludes halogenated alkanes) is 1. The van der Waals surface area contributed by atoms with E-state index in [0.29, 0.717) is 12.3 Å². The number of aliphatic hydroxyl groups is 1. The van der Waals surface area contributed by atoms with E-state index < -0.39 is 6.10 Å². The van der Waals surface area contributed by atoms with Gasteiger partial charge in [-0.2, -0.15) is 0 Å². The number of fused-ring (bicyclic) bond motifs is 1.